The summed E-state index contributed by atoms with van der Waals surface area (Å²) >= 11 is 0. The third-order valence-electron chi connectivity index (χ3n) is 10.3. The van der Waals surface area contributed by atoms with Gasteiger partial charge in [-0.3, -0.25) is 0 Å². The van der Waals surface area contributed by atoms with E-state index in [1.165, 1.54) is 17.7 Å². The number of hydrogen-bond acceptors (Lipinski definition) is 1. The average molecular weight is 690 g/mol. The fourth-order valence-electron chi connectivity index (χ4n) is 7.62. The molecule has 0 atom stereocenters. The maximum Gasteiger partial charge on any atom is 0.417 e. The van der Waals surface area contributed by atoms with Gasteiger partial charge in [0.05, 0.1) is 44.6 Å². The lowest BCUT2D eigenvalue weighted by atomic mass is 9.86. The van der Waals surface area contributed by atoms with Gasteiger partial charge in [0.2, 0.25) is 0 Å². The largest absolute Gasteiger partial charge is 0.417 e. The highest BCUT2D eigenvalue weighted by molar-refractivity contribution is 6.11. The van der Waals surface area contributed by atoms with Crippen LogP contribution < -0.4 is 0 Å². The fraction of sp³-hybridized carbons (Fsp3) is 0.196. The molecule has 2 heterocycles. The van der Waals surface area contributed by atoms with Crippen LogP contribution in [-0.4, -0.2) is 9.13 Å². The van der Waals surface area contributed by atoms with Crippen LogP contribution >= 0.6 is 0 Å². The van der Waals surface area contributed by atoms with Gasteiger partial charge < -0.3 is 9.13 Å². The molecule has 0 N–H and O–H groups in total. The van der Waals surface area contributed by atoms with Crippen LogP contribution in [0.2, 0.25) is 0 Å². The first kappa shape index (κ1) is 33.3. The summed E-state index contributed by atoms with van der Waals surface area (Å²) in [5.74, 6) is 0. The number of fused-ring (bicyclic) bond motifs is 6. The fourth-order valence-corrected chi connectivity index (χ4v) is 7.62. The van der Waals surface area contributed by atoms with Crippen molar-refractivity contribution in [2.45, 2.75) is 58.5 Å². The summed E-state index contributed by atoms with van der Waals surface area (Å²) < 4.78 is 48.7. The molecule has 258 valence electrons. The highest BCUT2D eigenvalue weighted by Crippen LogP contribution is 2.45. The Hall–Kier alpha value is -5.80. The zero-order valence-corrected chi connectivity index (χ0v) is 30.0. The molecule has 2 aromatic heterocycles. The van der Waals surface area contributed by atoms with Gasteiger partial charge in [-0.2, -0.15) is 18.4 Å². The Kier molecular flexibility index (Phi) is 7.45. The molecule has 8 aromatic rings. The molecule has 3 nitrogen and oxygen atoms in total. The molecule has 6 heteroatoms. The van der Waals surface area contributed by atoms with Gasteiger partial charge in [0.1, 0.15) is 6.07 Å². The molecule has 0 aliphatic heterocycles. The summed E-state index contributed by atoms with van der Waals surface area (Å²) in [6, 6.07) is 40.4. The third kappa shape index (κ3) is 5.26. The van der Waals surface area contributed by atoms with E-state index in [1.54, 1.807) is 18.2 Å². The van der Waals surface area contributed by atoms with Crippen molar-refractivity contribution in [1.29, 1.82) is 5.26 Å². The van der Waals surface area contributed by atoms with E-state index >= 15 is 0 Å². The number of alkyl halides is 3. The average Bonchev–Trinajstić information content (AvgIpc) is 3.62. The van der Waals surface area contributed by atoms with Crippen LogP contribution in [-0.2, 0) is 17.0 Å². The maximum absolute atomic E-state index is 14.9. The minimum Gasteiger partial charge on any atom is -0.309 e. The van der Waals surface area contributed by atoms with Gasteiger partial charge in [-0.05, 0) is 82.1 Å². The van der Waals surface area contributed by atoms with Gasteiger partial charge in [-0.15, -0.1) is 0 Å². The zero-order chi connectivity index (χ0) is 36.7. The van der Waals surface area contributed by atoms with Gasteiger partial charge in [0, 0.05) is 27.1 Å². The van der Waals surface area contributed by atoms with E-state index in [0.29, 0.717) is 22.5 Å². The topological polar surface area (TPSA) is 33.6 Å². The number of rotatable bonds is 3. The second kappa shape index (κ2) is 11.6. The van der Waals surface area contributed by atoms with Gasteiger partial charge in [-0.25, -0.2) is 0 Å². The Morgan fingerprint density at radius 1 is 0.481 bits per heavy atom. The molecule has 0 spiro atoms. The van der Waals surface area contributed by atoms with Gasteiger partial charge in [-0.1, -0.05) is 108 Å². The van der Waals surface area contributed by atoms with Crippen LogP contribution in [0, 0.1) is 11.3 Å². The molecule has 0 saturated heterocycles. The number of aromatic nitrogens is 2. The van der Waals surface area contributed by atoms with E-state index in [-0.39, 0.29) is 16.4 Å². The van der Waals surface area contributed by atoms with Crippen molar-refractivity contribution in [3.8, 4) is 28.6 Å². The summed E-state index contributed by atoms with van der Waals surface area (Å²) in [6.07, 6.45) is -4.61. The van der Waals surface area contributed by atoms with Crippen molar-refractivity contribution < 1.29 is 13.2 Å². The predicted molar refractivity (Wildman–Crippen MR) is 208 cm³/mol. The summed E-state index contributed by atoms with van der Waals surface area (Å²) in [5, 5.41) is 14.9. The van der Waals surface area contributed by atoms with Crippen LogP contribution in [0.15, 0.2) is 121 Å². The molecule has 0 amide bonds. The van der Waals surface area contributed by atoms with Gasteiger partial charge in [0.25, 0.3) is 0 Å². The highest BCUT2D eigenvalue weighted by Gasteiger charge is 2.35. The number of halogens is 3. The van der Waals surface area contributed by atoms with Crippen LogP contribution in [0.3, 0.4) is 0 Å². The van der Waals surface area contributed by atoms with E-state index in [2.05, 4.69) is 90.1 Å². The van der Waals surface area contributed by atoms with E-state index in [9.17, 15) is 18.4 Å². The Morgan fingerprint density at radius 3 is 1.44 bits per heavy atom. The van der Waals surface area contributed by atoms with Crippen LogP contribution in [0.4, 0.5) is 13.2 Å². The first-order chi connectivity index (χ1) is 24.7. The van der Waals surface area contributed by atoms with Crippen LogP contribution in [0.25, 0.3) is 66.1 Å². The van der Waals surface area contributed by atoms with Crippen LogP contribution in [0.5, 0.6) is 0 Å². The Bertz CT molecular complexity index is 2760. The van der Waals surface area contributed by atoms with Crippen molar-refractivity contribution in [2.24, 2.45) is 0 Å². The number of hydrogen-bond donors (Lipinski definition) is 0. The molecule has 8 rings (SSSR count). The van der Waals surface area contributed by atoms with Crippen molar-refractivity contribution in [3.05, 3.63) is 144 Å². The highest BCUT2D eigenvalue weighted by atomic mass is 19.4. The number of benzene rings is 6. The van der Waals surface area contributed by atoms with E-state index in [1.807, 2.05) is 51.6 Å². The van der Waals surface area contributed by atoms with Crippen molar-refractivity contribution in [3.63, 3.8) is 0 Å². The molecule has 0 bridgehead atoms. The lowest BCUT2D eigenvalue weighted by Crippen LogP contribution is -2.11. The lowest BCUT2D eigenvalue weighted by Gasteiger charge is -2.22. The monoisotopic (exact) mass is 689 g/mol. The lowest BCUT2D eigenvalue weighted by molar-refractivity contribution is -0.137. The number of nitriles is 1. The first-order valence-corrected chi connectivity index (χ1v) is 17.5. The van der Waals surface area contributed by atoms with E-state index < -0.39 is 11.7 Å². The minimum atomic E-state index is -4.61. The predicted octanol–water partition coefficient (Wildman–Crippen LogP) is 13.0. The quantitative estimate of drug-likeness (QED) is 0.182. The summed E-state index contributed by atoms with van der Waals surface area (Å²) in [5.41, 5.74) is 6.61. The van der Waals surface area contributed by atoms with Crippen molar-refractivity contribution in [2.75, 3.05) is 0 Å². The van der Waals surface area contributed by atoms with E-state index in [0.717, 1.165) is 55.2 Å². The Labute approximate surface area is 301 Å². The second-order valence-corrected chi connectivity index (χ2v) is 15.7. The van der Waals surface area contributed by atoms with Crippen molar-refractivity contribution >= 4 is 43.6 Å². The first-order valence-electron chi connectivity index (χ1n) is 17.5. The van der Waals surface area contributed by atoms with E-state index in [4.69, 9.17) is 0 Å². The molecule has 0 unspecified atom stereocenters. The summed E-state index contributed by atoms with van der Waals surface area (Å²) in [4.78, 5) is 0. The molecule has 0 aliphatic carbocycles. The molecule has 0 fully saturated rings. The Balaban J connectivity index is 1.53. The maximum atomic E-state index is 14.9. The molecule has 0 aliphatic rings. The van der Waals surface area contributed by atoms with Crippen LogP contribution in [0.1, 0.15) is 63.8 Å². The standard InChI is InChI=1S/C46H38F3N3/c1-44(2,3)29-19-21-40-34(24-29)32-14-8-11-17-38(32)51(40)42-26-36(31-13-7-10-16-37(31)46(47,48)49)43(23-28(42)27-50)52-39-18-12-9-15-33(39)35-25-30(45(4,5)6)20-22-41(35)52/h7-26H,1-6H3. The Morgan fingerprint density at radius 2 is 0.942 bits per heavy atom. The third-order valence-corrected chi connectivity index (χ3v) is 10.3. The van der Waals surface area contributed by atoms with Gasteiger partial charge >= 0.3 is 6.18 Å². The molecule has 6 aromatic carbocycles. The molecular weight excluding hydrogens is 652 g/mol. The number of nitrogens with zero attached hydrogens (tertiary/aromatic N) is 3. The summed E-state index contributed by atoms with van der Waals surface area (Å²) in [7, 11) is 0. The SMILES string of the molecule is CC(C)(C)c1ccc2c(c1)c1ccccc1n2-c1cc(-c2ccccc2C(F)(F)F)c(-n2c3ccccc3c3cc(C(C)(C)C)ccc32)cc1C#N. The smallest absolute Gasteiger partial charge is 0.309 e. The number of para-hydroxylation sites is 2. The summed E-state index contributed by atoms with van der Waals surface area (Å²) in [6.45, 7) is 13.0. The molecule has 0 radical (unpaired) electrons. The van der Waals surface area contributed by atoms with Crippen molar-refractivity contribution in [1.82, 2.24) is 9.13 Å². The molecule has 0 saturated carbocycles. The normalized spacial score (nSPS) is 12.7. The molecular formula is C46H38F3N3. The molecule has 52 heavy (non-hydrogen) atoms. The van der Waals surface area contributed by atoms with Gasteiger partial charge in [0.15, 0.2) is 0 Å². The minimum absolute atomic E-state index is 0.0452. The second-order valence-electron chi connectivity index (χ2n) is 15.7. The zero-order valence-electron chi connectivity index (χ0n) is 30.0.